The maximum Gasteiger partial charge on any atom is 0.250 e. The molecule has 2 aromatic rings. The van der Waals surface area contributed by atoms with Crippen molar-refractivity contribution in [2.45, 2.75) is 31.3 Å². The van der Waals surface area contributed by atoms with Crippen molar-refractivity contribution in [1.29, 1.82) is 0 Å². The summed E-state index contributed by atoms with van der Waals surface area (Å²) < 4.78 is 0.864. The molecule has 4 unspecified atom stereocenters. The number of carbonyl (C=O) groups is 3. The van der Waals surface area contributed by atoms with E-state index in [-0.39, 0.29) is 23.8 Å². The zero-order valence-corrected chi connectivity index (χ0v) is 19.0. The van der Waals surface area contributed by atoms with Crippen LogP contribution in [0.2, 0.25) is 5.02 Å². The van der Waals surface area contributed by atoms with Crippen LogP contribution in [0.5, 0.6) is 0 Å². The Bertz CT molecular complexity index is 1180. The van der Waals surface area contributed by atoms with Crippen LogP contribution in [0.3, 0.4) is 0 Å². The molecule has 3 saturated heterocycles. The van der Waals surface area contributed by atoms with Crippen LogP contribution in [0.25, 0.3) is 0 Å². The lowest BCUT2D eigenvalue weighted by atomic mass is 9.75. The van der Waals surface area contributed by atoms with E-state index in [2.05, 4.69) is 26.1 Å². The number of nitrogens with one attached hydrogen (secondary N) is 1. The van der Waals surface area contributed by atoms with Crippen LogP contribution in [0, 0.1) is 18.8 Å². The summed E-state index contributed by atoms with van der Waals surface area (Å²) in [6, 6.07) is 10.6. The fourth-order valence-electron chi connectivity index (χ4n) is 6.28. The average Bonchev–Trinajstić information content (AvgIpc) is 3.42. The van der Waals surface area contributed by atoms with Gasteiger partial charge in [0.05, 0.1) is 17.5 Å². The highest BCUT2D eigenvalue weighted by Crippen LogP contribution is 2.61. The normalized spacial score (nSPS) is 31.4. The molecule has 1 spiro atoms. The molecule has 0 radical (unpaired) electrons. The van der Waals surface area contributed by atoms with Crippen molar-refractivity contribution in [3.63, 3.8) is 0 Å². The second-order valence-electron chi connectivity index (χ2n) is 8.76. The SMILES string of the molecule is Cc1cc(Cl)cc2c1NC(=O)C21C2C(=O)N(c3ccc(Br)cc3)C(=O)C2C2CCCN21. The van der Waals surface area contributed by atoms with E-state index in [1.54, 1.807) is 18.2 Å². The molecule has 2 aromatic carbocycles. The minimum atomic E-state index is -1.20. The second-order valence-corrected chi connectivity index (χ2v) is 10.1. The minimum Gasteiger partial charge on any atom is -0.324 e. The van der Waals surface area contributed by atoms with Crippen LogP contribution in [0.15, 0.2) is 40.9 Å². The third-order valence-corrected chi connectivity index (χ3v) is 8.10. The summed E-state index contributed by atoms with van der Waals surface area (Å²) in [4.78, 5) is 44.5. The van der Waals surface area contributed by atoms with Gasteiger partial charge >= 0.3 is 0 Å². The van der Waals surface area contributed by atoms with Gasteiger partial charge in [0, 0.05) is 26.8 Å². The highest BCUT2D eigenvalue weighted by atomic mass is 79.9. The number of hydrogen-bond acceptors (Lipinski definition) is 4. The minimum absolute atomic E-state index is 0.141. The van der Waals surface area contributed by atoms with Gasteiger partial charge < -0.3 is 5.32 Å². The van der Waals surface area contributed by atoms with Crippen molar-refractivity contribution in [2.24, 2.45) is 11.8 Å². The molecule has 4 aliphatic rings. The van der Waals surface area contributed by atoms with Gasteiger partial charge in [-0.25, -0.2) is 4.90 Å². The molecule has 0 aliphatic carbocycles. The number of halogens is 2. The predicted molar refractivity (Wildman–Crippen MR) is 120 cm³/mol. The smallest absolute Gasteiger partial charge is 0.250 e. The first kappa shape index (κ1) is 19.5. The number of aryl methyl sites for hydroxylation is 1. The Hall–Kier alpha value is -2.22. The molecule has 1 N–H and O–H groups in total. The van der Waals surface area contributed by atoms with Crippen LogP contribution < -0.4 is 10.2 Å². The summed E-state index contributed by atoms with van der Waals surface area (Å²) >= 11 is 9.80. The van der Waals surface area contributed by atoms with Gasteiger partial charge in [-0.05, 0) is 68.3 Å². The first-order valence-electron chi connectivity index (χ1n) is 10.4. The van der Waals surface area contributed by atoms with E-state index >= 15 is 0 Å². The molecule has 31 heavy (non-hydrogen) atoms. The van der Waals surface area contributed by atoms with Crippen molar-refractivity contribution in [3.05, 3.63) is 57.0 Å². The standard InChI is InChI=1S/C23H19BrClN3O3/c1-11-9-13(25)10-15-19(11)26-22(31)23(15)18-17(16-3-2-8-27(16)23)20(29)28(21(18)30)14-6-4-12(24)5-7-14/h4-7,9-10,16-18H,2-3,8H2,1H3,(H,26,31). The molecule has 158 valence electrons. The Morgan fingerprint density at radius 2 is 1.87 bits per heavy atom. The van der Waals surface area contributed by atoms with Gasteiger partial charge in [-0.3, -0.25) is 19.3 Å². The quantitative estimate of drug-likeness (QED) is 0.604. The van der Waals surface area contributed by atoms with Crippen molar-refractivity contribution in [3.8, 4) is 0 Å². The Kier molecular flexibility index (Phi) is 4.02. The predicted octanol–water partition coefficient (Wildman–Crippen LogP) is 3.84. The Labute approximate surface area is 192 Å². The first-order chi connectivity index (χ1) is 14.9. The molecule has 6 nitrogen and oxygen atoms in total. The summed E-state index contributed by atoms with van der Waals surface area (Å²) in [6.07, 6.45) is 1.68. The number of imide groups is 1. The molecule has 6 rings (SSSR count). The molecule has 4 aliphatic heterocycles. The van der Waals surface area contributed by atoms with Crippen molar-refractivity contribution in [1.82, 2.24) is 4.90 Å². The van der Waals surface area contributed by atoms with Crippen molar-refractivity contribution in [2.75, 3.05) is 16.8 Å². The van der Waals surface area contributed by atoms with E-state index < -0.39 is 17.4 Å². The highest BCUT2D eigenvalue weighted by molar-refractivity contribution is 9.10. The zero-order chi connectivity index (χ0) is 21.7. The van der Waals surface area contributed by atoms with Gasteiger partial charge in [0.25, 0.3) is 0 Å². The molecule has 0 bridgehead atoms. The van der Waals surface area contributed by atoms with E-state index in [0.29, 0.717) is 22.9 Å². The number of benzene rings is 2. The highest BCUT2D eigenvalue weighted by Gasteiger charge is 2.74. The monoisotopic (exact) mass is 499 g/mol. The molecule has 8 heteroatoms. The molecule has 3 fully saturated rings. The molecule has 4 heterocycles. The number of carbonyl (C=O) groups excluding carboxylic acids is 3. The summed E-state index contributed by atoms with van der Waals surface area (Å²) in [5.74, 6) is -2.08. The molecule has 3 amide bonds. The number of rotatable bonds is 1. The molecule has 0 saturated carbocycles. The van der Waals surface area contributed by atoms with Crippen molar-refractivity contribution < 1.29 is 14.4 Å². The van der Waals surface area contributed by atoms with Crippen LogP contribution in [-0.4, -0.2) is 35.2 Å². The third-order valence-electron chi connectivity index (χ3n) is 7.35. The number of nitrogens with zero attached hydrogens (tertiary/aromatic N) is 2. The lowest BCUT2D eigenvalue weighted by Gasteiger charge is -2.36. The molecular formula is C23H19BrClN3O3. The first-order valence-corrected chi connectivity index (χ1v) is 11.5. The summed E-state index contributed by atoms with van der Waals surface area (Å²) in [5, 5.41) is 3.54. The average molecular weight is 501 g/mol. The van der Waals surface area contributed by atoms with Crippen LogP contribution in [-0.2, 0) is 19.9 Å². The number of fused-ring (bicyclic) bond motifs is 7. The van der Waals surface area contributed by atoms with E-state index in [1.165, 1.54) is 4.90 Å². The zero-order valence-electron chi connectivity index (χ0n) is 16.7. The maximum absolute atomic E-state index is 13.9. The van der Waals surface area contributed by atoms with Crippen LogP contribution in [0.1, 0.15) is 24.0 Å². The topological polar surface area (TPSA) is 69.7 Å². The van der Waals surface area contributed by atoms with Gasteiger partial charge in [0.2, 0.25) is 17.7 Å². The number of amides is 3. The van der Waals surface area contributed by atoms with Gasteiger partial charge in [-0.2, -0.15) is 0 Å². The summed E-state index contributed by atoms with van der Waals surface area (Å²) in [7, 11) is 0. The van der Waals surface area contributed by atoms with Gasteiger partial charge in [-0.1, -0.05) is 27.5 Å². The Morgan fingerprint density at radius 1 is 1.13 bits per heavy atom. The van der Waals surface area contributed by atoms with Gasteiger partial charge in [-0.15, -0.1) is 0 Å². The van der Waals surface area contributed by atoms with E-state index in [9.17, 15) is 14.4 Å². The van der Waals surface area contributed by atoms with Gasteiger partial charge in [0.1, 0.15) is 5.54 Å². The maximum atomic E-state index is 13.9. The van der Waals surface area contributed by atoms with E-state index in [1.807, 2.05) is 25.1 Å². The van der Waals surface area contributed by atoms with Crippen LogP contribution in [0.4, 0.5) is 11.4 Å². The van der Waals surface area contributed by atoms with Gasteiger partial charge in [0.15, 0.2) is 0 Å². The van der Waals surface area contributed by atoms with Crippen molar-refractivity contribution >= 4 is 56.6 Å². The third kappa shape index (κ3) is 2.29. The lowest BCUT2D eigenvalue weighted by molar-refractivity contribution is -0.135. The number of anilines is 2. The van der Waals surface area contributed by atoms with Crippen LogP contribution >= 0.6 is 27.5 Å². The molecule has 0 aromatic heterocycles. The summed E-state index contributed by atoms with van der Waals surface area (Å²) in [5.41, 5.74) is 1.62. The van der Waals surface area contributed by atoms with E-state index in [4.69, 9.17) is 11.6 Å². The Balaban J connectivity index is 1.57. The fraction of sp³-hybridized carbons (Fsp3) is 0.348. The lowest BCUT2D eigenvalue weighted by Crippen LogP contribution is -2.54. The summed E-state index contributed by atoms with van der Waals surface area (Å²) in [6.45, 7) is 2.57. The molecule has 4 atom stereocenters. The fourth-order valence-corrected chi connectivity index (χ4v) is 6.82. The number of hydrogen-bond donors (Lipinski definition) is 1. The largest absolute Gasteiger partial charge is 0.324 e. The molecular weight excluding hydrogens is 482 g/mol. The van der Waals surface area contributed by atoms with E-state index in [0.717, 1.165) is 28.4 Å². The Morgan fingerprint density at radius 3 is 2.61 bits per heavy atom. The second kappa shape index (κ2) is 6.40.